The zero-order chi connectivity index (χ0) is 15.1. The highest BCUT2D eigenvalue weighted by molar-refractivity contribution is 8.00. The molecule has 1 aromatic rings. The van der Waals surface area contributed by atoms with E-state index in [9.17, 15) is 9.59 Å². The lowest BCUT2D eigenvalue weighted by Crippen LogP contribution is -2.47. The van der Waals surface area contributed by atoms with Crippen LogP contribution in [0.4, 0.5) is 0 Å². The summed E-state index contributed by atoms with van der Waals surface area (Å²) in [5.74, 6) is 0.967. The van der Waals surface area contributed by atoms with Crippen molar-refractivity contribution >= 4 is 23.5 Å². The van der Waals surface area contributed by atoms with E-state index in [1.54, 1.807) is 0 Å². The number of likely N-dealkylation sites (N-methyl/N-ethyl adjacent to an activating group) is 1. The van der Waals surface area contributed by atoms with Gasteiger partial charge in [-0.2, -0.15) is 0 Å². The Morgan fingerprint density at radius 1 is 1.29 bits per heavy atom. The second-order valence-electron chi connectivity index (χ2n) is 5.25. The monoisotopic (exact) mass is 306 g/mol. The number of Topliss-reactive ketones (excluding diaryl/α,β-unsaturated/α-hetero) is 1. The Bertz CT molecular complexity index is 478. The highest BCUT2D eigenvalue weighted by Crippen LogP contribution is 2.13. The number of likely N-dealkylation sites (tertiary alicyclic amines) is 1. The van der Waals surface area contributed by atoms with E-state index in [0.717, 1.165) is 25.9 Å². The molecule has 0 radical (unpaired) electrons. The van der Waals surface area contributed by atoms with Crippen molar-refractivity contribution in [3.05, 3.63) is 35.9 Å². The van der Waals surface area contributed by atoms with Gasteiger partial charge in [0.05, 0.1) is 11.5 Å². The van der Waals surface area contributed by atoms with E-state index in [2.05, 4.69) is 5.32 Å². The average Bonchev–Trinajstić information content (AvgIpc) is 2.55. The number of ketones is 1. The first kappa shape index (κ1) is 16.0. The molecule has 114 valence electrons. The lowest BCUT2D eigenvalue weighted by molar-refractivity contribution is -0.129. The van der Waals surface area contributed by atoms with Crippen LogP contribution in [-0.2, 0) is 4.79 Å². The van der Waals surface area contributed by atoms with Gasteiger partial charge in [0, 0.05) is 24.7 Å². The van der Waals surface area contributed by atoms with Gasteiger partial charge >= 0.3 is 0 Å². The highest BCUT2D eigenvalue weighted by Gasteiger charge is 2.22. The van der Waals surface area contributed by atoms with Gasteiger partial charge in [0.15, 0.2) is 5.78 Å². The van der Waals surface area contributed by atoms with Crippen LogP contribution in [-0.4, -0.2) is 54.3 Å². The molecule has 0 aromatic heterocycles. The maximum absolute atomic E-state index is 12.1. The molecule has 1 N–H and O–H groups in total. The van der Waals surface area contributed by atoms with E-state index in [1.807, 2.05) is 42.3 Å². The third kappa shape index (κ3) is 4.86. The summed E-state index contributed by atoms with van der Waals surface area (Å²) in [5.41, 5.74) is 0.714. The number of hydrogen-bond donors (Lipinski definition) is 1. The molecule has 4 nitrogen and oxygen atoms in total. The number of nitrogens with zero attached hydrogens (tertiary/aromatic N) is 1. The molecule has 5 heteroatoms. The van der Waals surface area contributed by atoms with Gasteiger partial charge < -0.3 is 10.2 Å². The summed E-state index contributed by atoms with van der Waals surface area (Å²) >= 11 is 1.41. The molecule has 1 heterocycles. The molecule has 1 aliphatic rings. The zero-order valence-corrected chi connectivity index (χ0v) is 13.2. The van der Waals surface area contributed by atoms with Crippen LogP contribution in [0, 0.1) is 0 Å². The van der Waals surface area contributed by atoms with Crippen LogP contribution in [0.5, 0.6) is 0 Å². The molecule has 2 rings (SSSR count). The number of carbonyl (C=O) groups excluding carboxylic acids is 2. The van der Waals surface area contributed by atoms with Gasteiger partial charge in [0.25, 0.3) is 0 Å². The average molecular weight is 306 g/mol. The van der Waals surface area contributed by atoms with E-state index < -0.39 is 0 Å². The van der Waals surface area contributed by atoms with Crippen LogP contribution in [0.25, 0.3) is 0 Å². The summed E-state index contributed by atoms with van der Waals surface area (Å²) in [6.45, 7) is 1.62. The van der Waals surface area contributed by atoms with Crippen molar-refractivity contribution in [3.8, 4) is 0 Å². The molecule has 1 fully saturated rings. The molecule has 0 saturated carbocycles. The fraction of sp³-hybridized carbons (Fsp3) is 0.500. The molecule has 1 saturated heterocycles. The van der Waals surface area contributed by atoms with E-state index in [0.29, 0.717) is 23.1 Å². The summed E-state index contributed by atoms with van der Waals surface area (Å²) in [6.07, 6.45) is 2.17. The first-order valence-corrected chi connectivity index (χ1v) is 8.47. The quantitative estimate of drug-likeness (QED) is 0.815. The molecule has 1 amide bonds. The van der Waals surface area contributed by atoms with Crippen LogP contribution >= 0.6 is 11.8 Å². The molecule has 0 bridgehead atoms. The van der Waals surface area contributed by atoms with Crippen molar-refractivity contribution in [2.75, 3.05) is 31.6 Å². The minimum Gasteiger partial charge on any atom is -0.340 e. The van der Waals surface area contributed by atoms with Crippen molar-refractivity contribution < 1.29 is 9.59 Å². The maximum atomic E-state index is 12.1. The largest absolute Gasteiger partial charge is 0.340 e. The molecule has 1 aromatic carbocycles. The molecule has 0 aliphatic carbocycles. The number of rotatable bonds is 6. The van der Waals surface area contributed by atoms with E-state index >= 15 is 0 Å². The topological polar surface area (TPSA) is 49.4 Å². The first-order chi connectivity index (χ1) is 10.2. The fourth-order valence-corrected chi connectivity index (χ4v) is 3.28. The SMILES string of the molecule is CNC1CCCN(C(=O)CSCC(=O)c2ccccc2)C1. The Hall–Kier alpha value is -1.33. The molecule has 1 unspecified atom stereocenters. The summed E-state index contributed by atoms with van der Waals surface area (Å²) in [6, 6.07) is 9.63. The standard InChI is InChI=1S/C16H22N2O2S/c1-17-14-8-5-9-18(10-14)16(20)12-21-11-15(19)13-6-3-2-4-7-13/h2-4,6-7,14,17H,5,8-12H2,1H3. The van der Waals surface area contributed by atoms with Crippen LogP contribution in [0.15, 0.2) is 30.3 Å². The van der Waals surface area contributed by atoms with E-state index in [-0.39, 0.29) is 11.7 Å². The third-order valence-corrected chi connectivity index (χ3v) is 4.65. The number of piperidine rings is 1. The van der Waals surface area contributed by atoms with Crippen LogP contribution in [0.3, 0.4) is 0 Å². The third-order valence-electron chi connectivity index (χ3n) is 3.74. The van der Waals surface area contributed by atoms with E-state index in [1.165, 1.54) is 11.8 Å². The minimum absolute atomic E-state index is 0.0835. The molecule has 0 spiro atoms. The zero-order valence-electron chi connectivity index (χ0n) is 12.4. The predicted octanol–water partition coefficient (Wildman–Crippen LogP) is 1.81. The van der Waals surface area contributed by atoms with Crippen molar-refractivity contribution in [1.29, 1.82) is 0 Å². The minimum atomic E-state index is 0.0835. The molecule has 21 heavy (non-hydrogen) atoms. The Morgan fingerprint density at radius 2 is 2.05 bits per heavy atom. The highest BCUT2D eigenvalue weighted by atomic mass is 32.2. The lowest BCUT2D eigenvalue weighted by Gasteiger charge is -2.32. The van der Waals surface area contributed by atoms with Gasteiger partial charge in [-0.1, -0.05) is 30.3 Å². The van der Waals surface area contributed by atoms with Crippen LogP contribution < -0.4 is 5.32 Å². The maximum Gasteiger partial charge on any atom is 0.232 e. The first-order valence-electron chi connectivity index (χ1n) is 7.31. The summed E-state index contributed by atoms with van der Waals surface area (Å²) < 4.78 is 0. The second kappa shape index (κ2) is 8.20. The summed E-state index contributed by atoms with van der Waals surface area (Å²) in [5, 5.41) is 3.23. The molecule has 1 aliphatic heterocycles. The molecule has 1 atom stereocenters. The number of thioether (sulfide) groups is 1. The van der Waals surface area contributed by atoms with Gasteiger partial charge in [0.1, 0.15) is 0 Å². The number of carbonyl (C=O) groups is 2. The van der Waals surface area contributed by atoms with Gasteiger partial charge in [-0.05, 0) is 19.9 Å². The Labute approximate surface area is 130 Å². The Kier molecular flexibility index (Phi) is 6.26. The molecular formula is C16H22N2O2S. The van der Waals surface area contributed by atoms with Crippen molar-refractivity contribution in [2.24, 2.45) is 0 Å². The van der Waals surface area contributed by atoms with Crippen LogP contribution in [0.2, 0.25) is 0 Å². The van der Waals surface area contributed by atoms with Gasteiger partial charge in [-0.15, -0.1) is 11.8 Å². The Balaban J connectivity index is 1.73. The number of nitrogens with one attached hydrogen (secondary N) is 1. The smallest absolute Gasteiger partial charge is 0.232 e. The Morgan fingerprint density at radius 3 is 2.76 bits per heavy atom. The second-order valence-corrected chi connectivity index (χ2v) is 6.24. The summed E-state index contributed by atoms with van der Waals surface area (Å²) in [7, 11) is 1.94. The lowest BCUT2D eigenvalue weighted by atomic mass is 10.1. The van der Waals surface area contributed by atoms with Crippen molar-refractivity contribution in [2.45, 2.75) is 18.9 Å². The summed E-state index contributed by atoms with van der Waals surface area (Å²) in [4.78, 5) is 26.0. The van der Waals surface area contributed by atoms with E-state index in [4.69, 9.17) is 0 Å². The number of benzene rings is 1. The van der Waals surface area contributed by atoms with Crippen LogP contribution in [0.1, 0.15) is 23.2 Å². The number of amides is 1. The molecular weight excluding hydrogens is 284 g/mol. The van der Waals surface area contributed by atoms with Gasteiger partial charge in [0.2, 0.25) is 5.91 Å². The fourth-order valence-electron chi connectivity index (χ4n) is 2.47. The normalized spacial score (nSPS) is 18.5. The van der Waals surface area contributed by atoms with Gasteiger partial charge in [-0.3, -0.25) is 9.59 Å². The van der Waals surface area contributed by atoms with Gasteiger partial charge in [-0.25, -0.2) is 0 Å². The predicted molar refractivity (Wildman–Crippen MR) is 86.8 cm³/mol. The van der Waals surface area contributed by atoms with Crippen molar-refractivity contribution in [3.63, 3.8) is 0 Å². The number of hydrogen-bond acceptors (Lipinski definition) is 4. The van der Waals surface area contributed by atoms with Crippen molar-refractivity contribution in [1.82, 2.24) is 10.2 Å².